The molecule has 2 fully saturated rings. The lowest BCUT2D eigenvalue weighted by molar-refractivity contribution is 0.0687. The fourth-order valence-electron chi connectivity index (χ4n) is 4.64. The van der Waals surface area contributed by atoms with E-state index in [9.17, 15) is 9.18 Å². The molecule has 1 aliphatic carbocycles. The normalized spacial score (nSPS) is 22.3. The lowest BCUT2D eigenvalue weighted by Crippen LogP contribution is -2.48. The van der Waals surface area contributed by atoms with Gasteiger partial charge in [0.15, 0.2) is 0 Å². The number of nitrogens with one attached hydrogen (secondary N) is 1. The number of hydrogen-bond donors (Lipinski definition) is 1. The van der Waals surface area contributed by atoms with Crippen molar-refractivity contribution in [1.29, 1.82) is 0 Å². The number of aryl methyl sites for hydroxylation is 1. The number of fused-ring (bicyclic) bond motifs is 2. The van der Waals surface area contributed by atoms with E-state index in [1.807, 2.05) is 30.2 Å². The Labute approximate surface area is 174 Å². The summed E-state index contributed by atoms with van der Waals surface area (Å²) in [7, 11) is 0. The third-order valence-corrected chi connectivity index (χ3v) is 6.01. The van der Waals surface area contributed by atoms with E-state index >= 15 is 0 Å². The average Bonchev–Trinajstić information content (AvgIpc) is 3.36. The minimum Gasteiger partial charge on any atom is -0.365 e. The number of pyridine rings is 3. The molecule has 0 radical (unpaired) electrons. The molecule has 3 atom stereocenters. The molecule has 4 heterocycles. The van der Waals surface area contributed by atoms with Gasteiger partial charge in [0, 0.05) is 36.7 Å². The van der Waals surface area contributed by atoms with E-state index in [1.165, 1.54) is 18.3 Å². The van der Waals surface area contributed by atoms with Gasteiger partial charge in [-0.25, -0.2) is 9.37 Å². The number of hydrogen-bond acceptors (Lipinski definition) is 5. The first-order chi connectivity index (χ1) is 14.6. The number of carbonyl (C=O) groups is 1. The van der Waals surface area contributed by atoms with Gasteiger partial charge in [0.1, 0.15) is 23.0 Å². The van der Waals surface area contributed by atoms with Gasteiger partial charge in [-0.15, -0.1) is 0 Å². The summed E-state index contributed by atoms with van der Waals surface area (Å²) in [5, 5.41) is 3.49. The zero-order valence-electron chi connectivity index (χ0n) is 16.6. The summed E-state index contributed by atoms with van der Waals surface area (Å²) >= 11 is 0. The Balaban J connectivity index is 1.41. The number of anilines is 1. The van der Waals surface area contributed by atoms with Crippen molar-refractivity contribution in [3.05, 3.63) is 72.1 Å². The molecule has 2 bridgehead atoms. The quantitative estimate of drug-likeness (QED) is 0.719. The monoisotopic (exact) mass is 403 g/mol. The Morgan fingerprint density at radius 2 is 1.93 bits per heavy atom. The number of amides is 1. The van der Waals surface area contributed by atoms with Crippen LogP contribution in [0.3, 0.4) is 0 Å². The highest BCUT2D eigenvalue weighted by Gasteiger charge is 2.47. The van der Waals surface area contributed by atoms with Crippen molar-refractivity contribution in [2.45, 2.75) is 31.8 Å². The molecule has 5 rings (SSSR count). The molecule has 3 unspecified atom stereocenters. The first kappa shape index (κ1) is 18.7. The Kier molecular flexibility index (Phi) is 4.65. The van der Waals surface area contributed by atoms with Crippen molar-refractivity contribution in [3.63, 3.8) is 0 Å². The molecular formula is C23H22FN5O. The topological polar surface area (TPSA) is 71.0 Å². The summed E-state index contributed by atoms with van der Waals surface area (Å²) in [5.41, 5.74) is 1.93. The van der Waals surface area contributed by atoms with Crippen LogP contribution in [-0.2, 0) is 0 Å². The number of likely N-dealkylation sites (tertiary alicyclic amines) is 1. The predicted octanol–water partition coefficient (Wildman–Crippen LogP) is 3.70. The minimum absolute atomic E-state index is 0.0639. The van der Waals surface area contributed by atoms with Crippen LogP contribution < -0.4 is 5.32 Å². The molecule has 0 aromatic carbocycles. The molecule has 1 saturated heterocycles. The van der Waals surface area contributed by atoms with Crippen molar-refractivity contribution in [2.24, 2.45) is 5.92 Å². The standard InChI is InChI=1S/C23H22FN5O/c1-14-6-7-20(27-12-14)28-18-10-15-11-19(18)29(13-15)23(30)22-16(4-2-8-26-22)21-17(24)5-3-9-25-21/h2-9,12,15,18-19H,10-11,13H2,1H3,(H,27,28). The van der Waals surface area contributed by atoms with Crippen LogP contribution in [0.1, 0.15) is 28.9 Å². The van der Waals surface area contributed by atoms with Gasteiger partial charge in [-0.1, -0.05) is 6.07 Å². The highest BCUT2D eigenvalue weighted by Crippen LogP contribution is 2.40. The highest BCUT2D eigenvalue weighted by atomic mass is 19.1. The van der Waals surface area contributed by atoms with Gasteiger partial charge < -0.3 is 10.2 Å². The van der Waals surface area contributed by atoms with Gasteiger partial charge in [-0.05, 0) is 61.6 Å². The van der Waals surface area contributed by atoms with Crippen molar-refractivity contribution < 1.29 is 9.18 Å². The Morgan fingerprint density at radius 1 is 1.10 bits per heavy atom. The lowest BCUT2D eigenvalue weighted by atomic mass is 10.0. The second-order valence-corrected chi connectivity index (χ2v) is 8.07. The molecule has 6 nitrogen and oxygen atoms in total. The summed E-state index contributed by atoms with van der Waals surface area (Å²) in [4.78, 5) is 28.2. The zero-order chi connectivity index (χ0) is 20.7. The molecule has 7 heteroatoms. The van der Waals surface area contributed by atoms with Crippen molar-refractivity contribution in [2.75, 3.05) is 11.9 Å². The maximum Gasteiger partial charge on any atom is 0.273 e. The van der Waals surface area contributed by atoms with Gasteiger partial charge in [-0.2, -0.15) is 0 Å². The van der Waals surface area contributed by atoms with Crippen LogP contribution in [0.2, 0.25) is 0 Å². The van der Waals surface area contributed by atoms with Crippen LogP contribution in [0.25, 0.3) is 11.3 Å². The largest absolute Gasteiger partial charge is 0.365 e. The first-order valence-corrected chi connectivity index (χ1v) is 10.2. The van der Waals surface area contributed by atoms with Crippen LogP contribution in [0, 0.1) is 18.7 Å². The predicted molar refractivity (Wildman–Crippen MR) is 111 cm³/mol. The summed E-state index contributed by atoms with van der Waals surface area (Å²) < 4.78 is 14.3. The summed E-state index contributed by atoms with van der Waals surface area (Å²) in [6.45, 7) is 2.70. The van der Waals surface area contributed by atoms with E-state index in [1.54, 1.807) is 18.3 Å². The fraction of sp³-hybridized carbons (Fsp3) is 0.304. The van der Waals surface area contributed by atoms with Gasteiger partial charge in [0.05, 0.1) is 6.04 Å². The van der Waals surface area contributed by atoms with Crippen LogP contribution >= 0.6 is 0 Å². The minimum atomic E-state index is -0.465. The molecule has 0 spiro atoms. The second kappa shape index (κ2) is 7.48. The molecule has 3 aromatic rings. The van der Waals surface area contributed by atoms with E-state index in [-0.39, 0.29) is 29.4 Å². The molecule has 30 heavy (non-hydrogen) atoms. The van der Waals surface area contributed by atoms with E-state index in [0.717, 1.165) is 24.2 Å². The smallest absolute Gasteiger partial charge is 0.273 e. The second-order valence-electron chi connectivity index (χ2n) is 8.07. The molecule has 2 aliphatic rings. The molecule has 3 aromatic heterocycles. The van der Waals surface area contributed by atoms with E-state index < -0.39 is 5.82 Å². The average molecular weight is 403 g/mol. The Bertz CT molecular complexity index is 1090. The van der Waals surface area contributed by atoms with Crippen LogP contribution in [0.4, 0.5) is 10.2 Å². The summed E-state index contributed by atoms with van der Waals surface area (Å²) in [5.74, 6) is 0.624. The number of nitrogens with zero attached hydrogens (tertiary/aromatic N) is 4. The van der Waals surface area contributed by atoms with Crippen LogP contribution in [0.5, 0.6) is 0 Å². The van der Waals surface area contributed by atoms with Gasteiger partial charge in [0.25, 0.3) is 5.91 Å². The summed E-state index contributed by atoms with van der Waals surface area (Å²) in [6, 6.07) is 10.5. The Hall–Kier alpha value is -3.35. The molecule has 1 aliphatic heterocycles. The maximum atomic E-state index is 14.3. The van der Waals surface area contributed by atoms with E-state index in [0.29, 0.717) is 18.0 Å². The molecule has 1 N–H and O–H groups in total. The zero-order valence-corrected chi connectivity index (χ0v) is 16.6. The Morgan fingerprint density at radius 3 is 2.70 bits per heavy atom. The molecule has 1 saturated carbocycles. The third-order valence-electron chi connectivity index (χ3n) is 6.01. The summed E-state index contributed by atoms with van der Waals surface area (Å²) in [6.07, 6.45) is 6.88. The van der Waals surface area contributed by atoms with Gasteiger partial charge in [-0.3, -0.25) is 14.8 Å². The van der Waals surface area contributed by atoms with E-state index in [2.05, 4.69) is 20.3 Å². The number of rotatable bonds is 4. The lowest BCUT2D eigenvalue weighted by Gasteiger charge is -2.34. The fourth-order valence-corrected chi connectivity index (χ4v) is 4.64. The van der Waals surface area contributed by atoms with E-state index in [4.69, 9.17) is 0 Å². The number of piperidine rings is 1. The van der Waals surface area contributed by atoms with Crippen molar-refractivity contribution >= 4 is 11.7 Å². The number of halogens is 1. The van der Waals surface area contributed by atoms with Crippen LogP contribution in [-0.4, -0.2) is 44.4 Å². The van der Waals surface area contributed by atoms with Gasteiger partial charge in [0.2, 0.25) is 0 Å². The SMILES string of the molecule is Cc1ccc(NC2CC3CC2N(C(=O)c2ncccc2-c2ncccc2F)C3)nc1. The number of aromatic nitrogens is 3. The maximum absolute atomic E-state index is 14.3. The first-order valence-electron chi connectivity index (χ1n) is 10.2. The highest BCUT2D eigenvalue weighted by molar-refractivity contribution is 5.99. The molecular weight excluding hydrogens is 381 g/mol. The van der Waals surface area contributed by atoms with Crippen molar-refractivity contribution in [1.82, 2.24) is 19.9 Å². The third kappa shape index (κ3) is 3.30. The van der Waals surface area contributed by atoms with Crippen LogP contribution in [0.15, 0.2) is 55.0 Å². The van der Waals surface area contributed by atoms with Crippen molar-refractivity contribution in [3.8, 4) is 11.3 Å². The number of carbonyl (C=O) groups excluding carboxylic acids is 1. The molecule has 1 amide bonds. The van der Waals surface area contributed by atoms with Gasteiger partial charge >= 0.3 is 0 Å². The molecule has 152 valence electrons.